The second-order valence-corrected chi connectivity index (χ2v) is 4.09. The van der Waals surface area contributed by atoms with Crippen molar-refractivity contribution in [2.45, 2.75) is 19.8 Å². The maximum atomic E-state index is 11.8. The first kappa shape index (κ1) is 12.3. The third-order valence-electron chi connectivity index (χ3n) is 2.58. The molecule has 0 aliphatic carbocycles. The predicted molar refractivity (Wildman–Crippen MR) is 65.0 cm³/mol. The van der Waals surface area contributed by atoms with Gasteiger partial charge < -0.3 is 5.32 Å². The van der Waals surface area contributed by atoms with Crippen molar-refractivity contribution in [1.29, 1.82) is 0 Å². The molecule has 1 amide bonds. The minimum atomic E-state index is -0.101. The Bertz CT molecular complexity index is 516. The van der Waals surface area contributed by atoms with Crippen LogP contribution < -0.4 is 5.32 Å². The molecule has 7 nitrogen and oxygen atoms in total. The first-order valence-electron chi connectivity index (χ1n) is 5.80. The molecule has 0 spiro atoms. The number of rotatable bonds is 5. The van der Waals surface area contributed by atoms with Gasteiger partial charge in [-0.05, 0) is 19.4 Å². The number of carbonyl (C=O) groups excluding carboxylic acids is 1. The van der Waals surface area contributed by atoms with E-state index in [-0.39, 0.29) is 5.91 Å². The van der Waals surface area contributed by atoms with Gasteiger partial charge in [0.2, 0.25) is 0 Å². The lowest BCUT2D eigenvalue weighted by atomic mass is 10.3. The molecule has 2 rings (SSSR count). The van der Waals surface area contributed by atoms with Crippen molar-refractivity contribution in [1.82, 2.24) is 30.3 Å². The largest absolute Gasteiger partial charge is 0.351 e. The maximum absolute atomic E-state index is 11.8. The molecule has 18 heavy (non-hydrogen) atoms. The molecule has 0 radical (unpaired) electrons. The third kappa shape index (κ3) is 2.93. The lowest BCUT2D eigenvalue weighted by Gasteiger charge is -2.04. The quantitative estimate of drug-likeness (QED) is 0.740. The van der Waals surface area contributed by atoms with E-state index in [4.69, 9.17) is 0 Å². The molecule has 2 heterocycles. The molecule has 0 aliphatic heterocycles. The van der Waals surface area contributed by atoms with Gasteiger partial charge in [-0.3, -0.25) is 14.6 Å². The van der Waals surface area contributed by atoms with Crippen LogP contribution in [0.5, 0.6) is 0 Å². The third-order valence-corrected chi connectivity index (χ3v) is 2.58. The first-order valence-corrected chi connectivity index (χ1v) is 5.80. The molecule has 0 fully saturated rings. The summed E-state index contributed by atoms with van der Waals surface area (Å²) in [5.74, 6) is 0.733. The van der Waals surface area contributed by atoms with E-state index in [9.17, 15) is 4.79 Å². The number of amides is 1. The van der Waals surface area contributed by atoms with E-state index in [0.29, 0.717) is 12.2 Å². The van der Waals surface area contributed by atoms with Crippen LogP contribution in [0, 0.1) is 6.92 Å². The smallest absolute Gasteiger partial charge is 0.269 e. The Morgan fingerprint density at radius 3 is 3.00 bits per heavy atom. The number of aryl methyl sites for hydroxylation is 3. The van der Waals surface area contributed by atoms with Gasteiger partial charge in [-0.1, -0.05) is 0 Å². The Labute approximate surface area is 105 Å². The summed E-state index contributed by atoms with van der Waals surface area (Å²) in [5, 5.41) is 13.5. The highest BCUT2D eigenvalue weighted by Gasteiger charge is 2.10. The van der Waals surface area contributed by atoms with E-state index in [1.54, 1.807) is 17.8 Å². The van der Waals surface area contributed by atoms with Gasteiger partial charge in [0.15, 0.2) is 0 Å². The van der Waals surface area contributed by atoms with Gasteiger partial charge in [0.1, 0.15) is 17.8 Å². The lowest BCUT2D eigenvalue weighted by molar-refractivity contribution is 0.0943. The second-order valence-electron chi connectivity index (χ2n) is 4.09. The maximum Gasteiger partial charge on any atom is 0.269 e. The summed E-state index contributed by atoms with van der Waals surface area (Å²) in [7, 11) is 1.76. The Kier molecular flexibility index (Phi) is 3.71. The predicted octanol–water partition coefficient (Wildman–Crippen LogP) is 0.209. The van der Waals surface area contributed by atoms with Crippen molar-refractivity contribution in [3.05, 3.63) is 29.6 Å². The summed E-state index contributed by atoms with van der Waals surface area (Å²) in [6.07, 6.45) is 3.06. The van der Waals surface area contributed by atoms with Crippen LogP contribution in [0.4, 0.5) is 0 Å². The fraction of sp³-hybridized carbons (Fsp3) is 0.455. The van der Waals surface area contributed by atoms with Gasteiger partial charge in [-0.15, -0.1) is 0 Å². The van der Waals surface area contributed by atoms with E-state index in [1.807, 2.05) is 6.92 Å². The number of H-pyrrole nitrogens is 1. The first-order chi connectivity index (χ1) is 8.66. The molecule has 0 aliphatic rings. The van der Waals surface area contributed by atoms with Crippen LogP contribution in [0.3, 0.4) is 0 Å². The summed E-state index contributed by atoms with van der Waals surface area (Å²) in [6, 6.07) is 1.77. The number of hydrogen-bond acceptors (Lipinski definition) is 4. The highest BCUT2D eigenvalue weighted by Crippen LogP contribution is 2.01. The van der Waals surface area contributed by atoms with Gasteiger partial charge >= 0.3 is 0 Å². The van der Waals surface area contributed by atoms with Gasteiger partial charge in [-0.25, -0.2) is 4.98 Å². The van der Waals surface area contributed by atoms with E-state index >= 15 is 0 Å². The minimum absolute atomic E-state index is 0.101. The SMILES string of the molecule is Cc1cc(C(=O)NCCCc2ncn[nH]2)n(C)n1. The number of hydrogen-bond donors (Lipinski definition) is 2. The van der Waals surface area contributed by atoms with Gasteiger partial charge in [0.05, 0.1) is 5.69 Å². The molecular formula is C11H16N6O. The number of carbonyl (C=O) groups is 1. The van der Waals surface area contributed by atoms with Crippen molar-refractivity contribution >= 4 is 5.91 Å². The van der Waals surface area contributed by atoms with Crippen molar-refractivity contribution in [2.75, 3.05) is 6.54 Å². The van der Waals surface area contributed by atoms with E-state index < -0.39 is 0 Å². The Morgan fingerprint density at radius 1 is 1.56 bits per heavy atom. The fourth-order valence-corrected chi connectivity index (χ4v) is 1.72. The molecule has 0 saturated carbocycles. The Balaban J connectivity index is 1.77. The molecule has 2 aromatic heterocycles. The average Bonchev–Trinajstić information content (AvgIpc) is 2.94. The zero-order valence-corrected chi connectivity index (χ0v) is 10.5. The monoisotopic (exact) mass is 248 g/mol. The molecule has 96 valence electrons. The molecular weight excluding hydrogens is 232 g/mol. The number of nitrogens with one attached hydrogen (secondary N) is 2. The van der Waals surface area contributed by atoms with Crippen molar-refractivity contribution in [2.24, 2.45) is 7.05 Å². The van der Waals surface area contributed by atoms with Crippen molar-refractivity contribution < 1.29 is 4.79 Å². The second kappa shape index (κ2) is 5.44. The summed E-state index contributed by atoms with van der Waals surface area (Å²) in [5.41, 5.74) is 1.41. The van der Waals surface area contributed by atoms with E-state index in [2.05, 4.69) is 25.6 Å². The average molecular weight is 248 g/mol. The standard InChI is InChI=1S/C11H16N6O/c1-8-6-9(17(2)16-8)11(18)12-5-3-4-10-13-7-14-15-10/h6-7H,3-5H2,1-2H3,(H,12,18)(H,13,14,15). The zero-order chi connectivity index (χ0) is 13.0. The van der Waals surface area contributed by atoms with Crippen LogP contribution in [0.25, 0.3) is 0 Å². The fourth-order valence-electron chi connectivity index (χ4n) is 1.72. The van der Waals surface area contributed by atoms with Crippen molar-refractivity contribution in [3.63, 3.8) is 0 Å². The molecule has 0 saturated heterocycles. The molecule has 2 N–H and O–H groups in total. The highest BCUT2D eigenvalue weighted by atomic mass is 16.2. The van der Waals surface area contributed by atoms with Crippen LogP contribution in [0.2, 0.25) is 0 Å². The topological polar surface area (TPSA) is 88.5 Å². The van der Waals surface area contributed by atoms with Gasteiger partial charge in [0, 0.05) is 20.0 Å². The van der Waals surface area contributed by atoms with Crippen LogP contribution in [-0.4, -0.2) is 37.4 Å². The normalized spacial score (nSPS) is 10.6. The summed E-state index contributed by atoms with van der Waals surface area (Å²) >= 11 is 0. The summed E-state index contributed by atoms with van der Waals surface area (Å²) in [6.45, 7) is 2.46. The summed E-state index contributed by atoms with van der Waals surface area (Å²) in [4.78, 5) is 15.8. The van der Waals surface area contributed by atoms with Crippen LogP contribution in [0.1, 0.15) is 28.4 Å². The molecule has 7 heteroatoms. The van der Waals surface area contributed by atoms with Gasteiger partial charge in [-0.2, -0.15) is 10.2 Å². The van der Waals surface area contributed by atoms with Gasteiger partial charge in [0.25, 0.3) is 5.91 Å². The Morgan fingerprint density at radius 2 is 2.39 bits per heavy atom. The highest BCUT2D eigenvalue weighted by molar-refractivity contribution is 5.92. The number of aromatic amines is 1. The van der Waals surface area contributed by atoms with Crippen LogP contribution >= 0.6 is 0 Å². The molecule has 0 atom stereocenters. The number of aromatic nitrogens is 5. The van der Waals surface area contributed by atoms with E-state index in [1.165, 1.54) is 6.33 Å². The minimum Gasteiger partial charge on any atom is -0.351 e. The molecule has 0 bridgehead atoms. The lowest BCUT2D eigenvalue weighted by Crippen LogP contribution is -2.26. The zero-order valence-electron chi connectivity index (χ0n) is 10.5. The van der Waals surface area contributed by atoms with Crippen LogP contribution in [0.15, 0.2) is 12.4 Å². The molecule has 0 unspecified atom stereocenters. The number of nitrogens with zero attached hydrogens (tertiary/aromatic N) is 4. The summed E-state index contributed by atoms with van der Waals surface area (Å²) < 4.78 is 1.58. The van der Waals surface area contributed by atoms with Crippen molar-refractivity contribution in [3.8, 4) is 0 Å². The molecule has 2 aromatic rings. The molecule has 0 aromatic carbocycles. The Hall–Kier alpha value is -2.18. The van der Waals surface area contributed by atoms with E-state index in [0.717, 1.165) is 24.4 Å². The van der Waals surface area contributed by atoms with Crippen LogP contribution in [-0.2, 0) is 13.5 Å².